The second-order valence-corrected chi connectivity index (χ2v) is 7.36. The summed E-state index contributed by atoms with van der Waals surface area (Å²) < 4.78 is 1.99. The number of nitrogens with one attached hydrogen (secondary N) is 2. The molecule has 2 heterocycles. The fourth-order valence-electron chi connectivity index (χ4n) is 2.79. The second kappa shape index (κ2) is 8.14. The first-order chi connectivity index (χ1) is 12.6. The first kappa shape index (κ1) is 18.1. The maximum Gasteiger partial charge on any atom is 0.191 e. The summed E-state index contributed by atoms with van der Waals surface area (Å²) in [6, 6.07) is 10.2. The number of hydrogen-bond donors (Lipinski definition) is 2. The predicted octanol–water partition coefficient (Wildman–Crippen LogP) is 3.12. The van der Waals surface area contributed by atoms with Gasteiger partial charge in [0.15, 0.2) is 5.96 Å². The lowest BCUT2D eigenvalue weighted by Gasteiger charge is -2.11. The molecule has 0 bridgehead atoms. The van der Waals surface area contributed by atoms with E-state index in [9.17, 15) is 0 Å². The van der Waals surface area contributed by atoms with Gasteiger partial charge >= 0.3 is 0 Å². The Morgan fingerprint density at radius 1 is 1.12 bits per heavy atom. The van der Waals surface area contributed by atoms with Crippen LogP contribution in [0, 0.1) is 20.8 Å². The Hall–Kier alpha value is -2.67. The minimum Gasteiger partial charge on any atom is -0.352 e. The quantitative estimate of drug-likeness (QED) is 0.536. The van der Waals surface area contributed by atoms with Gasteiger partial charge in [-0.25, -0.2) is 9.67 Å². The maximum atomic E-state index is 4.69. The normalized spacial score (nSPS) is 11.6. The largest absolute Gasteiger partial charge is 0.352 e. The summed E-state index contributed by atoms with van der Waals surface area (Å²) in [4.78, 5) is 9.87. The molecule has 7 heteroatoms. The average molecular weight is 369 g/mol. The van der Waals surface area contributed by atoms with Crippen molar-refractivity contribution >= 4 is 17.3 Å². The van der Waals surface area contributed by atoms with E-state index in [2.05, 4.69) is 51.7 Å². The molecule has 2 N–H and O–H groups in total. The molecule has 0 unspecified atom stereocenters. The van der Waals surface area contributed by atoms with E-state index in [4.69, 9.17) is 0 Å². The van der Waals surface area contributed by atoms with Crippen LogP contribution in [0.2, 0.25) is 0 Å². The second-order valence-electron chi connectivity index (χ2n) is 6.04. The molecule has 0 saturated heterocycles. The third-order valence-electron chi connectivity index (χ3n) is 4.17. The van der Waals surface area contributed by atoms with Crippen LogP contribution in [0.1, 0.15) is 26.8 Å². The first-order valence-corrected chi connectivity index (χ1v) is 9.36. The molecule has 26 heavy (non-hydrogen) atoms. The number of nitrogens with zero attached hydrogens (tertiary/aromatic N) is 4. The van der Waals surface area contributed by atoms with Crippen LogP contribution in [0.25, 0.3) is 5.69 Å². The molecule has 0 saturated carbocycles. The Morgan fingerprint density at radius 2 is 1.85 bits per heavy atom. The zero-order valence-corrected chi connectivity index (χ0v) is 16.4. The van der Waals surface area contributed by atoms with Crippen molar-refractivity contribution in [1.82, 2.24) is 25.4 Å². The predicted molar refractivity (Wildman–Crippen MR) is 107 cm³/mol. The van der Waals surface area contributed by atoms with E-state index in [1.807, 2.05) is 36.0 Å². The van der Waals surface area contributed by atoms with Gasteiger partial charge in [0.1, 0.15) is 5.01 Å². The summed E-state index contributed by atoms with van der Waals surface area (Å²) in [7, 11) is 1.77. The van der Waals surface area contributed by atoms with Gasteiger partial charge in [0, 0.05) is 35.9 Å². The summed E-state index contributed by atoms with van der Waals surface area (Å²) in [5.74, 6) is 0.754. The summed E-state index contributed by atoms with van der Waals surface area (Å²) >= 11 is 1.69. The lowest BCUT2D eigenvalue weighted by atomic mass is 10.2. The molecular weight excluding hydrogens is 344 g/mol. The van der Waals surface area contributed by atoms with Crippen LogP contribution in [-0.4, -0.2) is 27.8 Å². The van der Waals surface area contributed by atoms with Crippen LogP contribution in [0.5, 0.6) is 0 Å². The molecule has 3 rings (SSSR count). The van der Waals surface area contributed by atoms with Crippen molar-refractivity contribution in [2.75, 3.05) is 7.05 Å². The molecule has 0 aliphatic carbocycles. The smallest absolute Gasteiger partial charge is 0.191 e. The number of aliphatic imine (C=N–C) groups is 1. The third-order valence-corrected chi connectivity index (χ3v) is 5.09. The van der Waals surface area contributed by atoms with Gasteiger partial charge in [-0.3, -0.25) is 4.99 Å². The number of guanidine groups is 1. The van der Waals surface area contributed by atoms with Gasteiger partial charge in [-0.2, -0.15) is 5.10 Å². The van der Waals surface area contributed by atoms with Crippen LogP contribution >= 0.6 is 11.3 Å². The number of aromatic nitrogens is 3. The van der Waals surface area contributed by atoms with Crippen molar-refractivity contribution in [2.24, 2.45) is 4.99 Å². The molecular formula is C19H24N6S. The van der Waals surface area contributed by atoms with E-state index in [1.54, 1.807) is 18.4 Å². The summed E-state index contributed by atoms with van der Waals surface area (Å²) in [6.45, 7) is 7.53. The van der Waals surface area contributed by atoms with Gasteiger partial charge in [0.25, 0.3) is 0 Å². The van der Waals surface area contributed by atoms with Crippen molar-refractivity contribution in [1.29, 1.82) is 0 Å². The number of benzene rings is 1. The standard InChI is InChI=1S/C19H24N6S/c1-13-10-21-18(26-13)12-23-19(20-4)22-11-17-14(2)24-25(15(17)3)16-8-6-5-7-9-16/h5-10H,11-12H2,1-4H3,(H2,20,22,23). The van der Waals surface area contributed by atoms with Gasteiger partial charge in [-0.15, -0.1) is 11.3 Å². The number of thiazole rings is 1. The van der Waals surface area contributed by atoms with E-state index in [-0.39, 0.29) is 0 Å². The molecule has 3 aromatic rings. The van der Waals surface area contributed by atoms with E-state index >= 15 is 0 Å². The van der Waals surface area contributed by atoms with Crippen molar-refractivity contribution in [3.63, 3.8) is 0 Å². The first-order valence-electron chi connectivity index (χ1n) is 8.55. The van der Waals surface area contributed by atoms with Crippen LogP contribution in [0.15, 0.2) is 41.5 Å². The lowest BCUT2D eigenvalue weighted by molar-refractivity contribution is 0.797. The molecule has 0 spiro atoms. The van der Waals surface area contributed by atoms with Crippen LogP contribution in [-0.2, 0) is 13.1 Å². The van der Waals surface area contributed by atoms with Crippen molar-refractivity contribution < 1.29 is 0 Å². The number of hydrogen-bond acceptors (Lipinski definition) is 4. The van der Waals surface area contributed by atoms with Gasteiger partial charge in [-0.1, -0.05) is 18.2 Å². The number of rotatable bonds is 5. The Kier molecular flexibility index (Phi) is 5.68. The zero-order chi connectivity index (χ0) is 18.5. The molecule has 0 aliphatic rings. The fourth-order valence-corrected chi connectivity index (χ4v) is 3.51. The molecule has 0 amide bonds. The monoisotopic (exact) mass is 368 g/mol. The lowest BCUT2D eigenvalue weighted by Crippen LogP contribution is -2.36. The number of aryl methyl sites for hydroxylation is 2. The molecule has 0 atom stereocenters. The van der Waals surface area contributed by atoms with E-state index in [1.165, 1.54) is 10.4 Å². The molecule has 136 valence electrons. The molecule has 0 aliphatic heterocycles. The maximum absolute atomic E-state index is 4.69. The molecule has 2 aromatic heterocycles. The Balaban J connectivity index is 1.66. The van der Waals surface area contributed by atoms with E-state index < -0.39 is 0 Å². The van der Waals surface area contributed by atoms with Crippen LogP contribution in [0.3, 0.4) is 0 Å². The van der Waals surface area contributed by atoms with Gasteiger partial charge in [0.2, 0.25) is 0 Å². The number of para-hydroxylation sites is 1. The summed E-state index contributed by atoms with van der Waals surface area (Å²) in [5, 5.41) is 12.4. The highest BCUT2D eigenvalue weighted by molar-refractivity contribution is 7.11. The summed E-state index contributed by atoms with van der Waals surface area (Å²) in [5.41, 5.74) is 4.40. The van der Waals surface area contributed by atoms with Gasteiger partial charge in [0.05, 0.1) is 17.9 Å². The highest BCUT2D eigenvalue weighted by atomic mass is 32.1. The van der Waals surface area contributed by atoms with Crippen molar-refractivity contribution in [3.8, 4) is 5.69 Å². The van der Waals surface area contributed by atoms with Crippen LogP contribution < -0.4 is 10.6 Å². The van der Waals surface area contributed by atoms with Crippen molar-refractivity contribution in [2.45, 2.75) is 33.9 Å². The summed E-state index contributed by atoms with van der Waals surface area (Å²) in [6.07, 6.45) is 1.89. The van der Waals surface area contributed by atoms with Crippen molar-refractivity contribution in [3.05, 3.63) is 63.4 Å². The Labute approximate surface area is 158 Å². The molecule has 6 nitrogen and oxygen atoms in total. The van der Waals surface area contributed by atoms with Gasteiger partial charge in [-0.05, 0) is 32.9 Å². The van der Waals surface area contributed by atoms with Crippen LogP contribution in [0.4, 0.5) is 0 Å². The highest BCUT2D eigenvalue weighted by Crippen LogP contribution is 2.17. The Morgan fingerprint density at radius 3 is 2.50 bits per heavy atom. The fraction of sp³-hybridized carbons (Fsp3) is 0.316. The van der Waals surface area contributed by atoms with E-state index in [0.717, 1.165) is 28.0 Å². The minimum atomic E-state index is 0.666. The molecule has 1 aromatic carbocycles. The topological polar surface area (TPSA) is 67.1 Å². The third kappa shape index (κ3) is 4.11. The highest BCUT2D eigenvalue weighted by Gasteiger charge is 2.13. The van der Waals surface area contributed by atoms with E-state index in [0.29, 0.717) is 13.1 Å². The zero-order valence-electron chi connectivity index (χ0n) is 15.6. The molecule has 0 fully saturated rings. The Bertz CT molecular complexity index is 894. The van der Waals surface area contributed by atoms with Gasteiger partial charge < -0.3 is 10.6 Å². The molecule has 0 radical (unpaired) electrons. The SMILES string of the molecule is CN=C(NCc1ncc(C)s1)NCc1c(C)nn(-c2ccccc2)c1C. The average Bonchev–Trinajstić information content (AvgIpc) is 3.19. The minimum absolute atomic E-state index is 0.666.